The lowest BCUT2D eigenvalue weighted by molar-refractivity contribution is 0.240. The van der Waals surface area contributed by atoms with Gasteiger partial charge in [0.2, 0.25) is 0 Å². The summed E-state index contributed by atoms with van der Waals surface area (Å²) in [5, 5.41) is 5.23. The zero-order valence-corrected chi connectivity index (χ0v) is 31.5. The van der Waals surface area contributed by atoms with Gasteiger partial charge in [-0.05, 0) is 100 Å². The first kappa shape index (κ1) is 31.7. The van der Waals surface area contributed by atoms with E-state index in [9.17, 15) is 0 Å². The lowest BCUT2D eigenvalue weighted by Crippen LogP contribution is -2.35. The van der Waals surface area contributed by atoms with Crippen molar-refractivity contribution in [3.63, 3.8) is 0 Å². The van der Waals surface area contributed by atoms with Crippen molar-refractivity contribution in [1.29, 1.82) is 0 Å². The van der Waals surface area contributed by atoms with Crippen LogP contribution in [-0.2, 0) is 10.8 Å². The Kier molecular flexibility index (Phi) is 7.21. The van der Waals surface area contributed by atoms with Gasteiger partial charge in [-0.1, -0.05) is 154 Å². The van der Waals surface area contributed by atoms with Crippen LogP contribution < -0.4 is 5.32 Å². The molecule has 0 saturated heterocycles. The Morgan fingerprint density at radius 1 is 0.827 bits per heavy atom. The van der Waals surface area contributed by atoms with Gasteiger partial charge in [0.15, 0.2) is 0 Å². The van der Waals surface area contributed by atoms with Crippen molar-refractivity contribution in [2.45, 2.75) is 101 Å². The van der Waals surface area contributed by atoms with Crippen LogP contribution in [0.1, 0.15) is 106 Å². The average Bonchev–Trinajstić information content (AvgIpc) is 3.78. The van der Waals surface area contributed by atoms with E-state index >= 15 is 0 Å². The van der Waals surface area contributed by atoms with Gasteiger partial charge in [0.05, 0.1) is 10.7 Å². The number of rotatable bonds is 3. The Hall–Kier alpha value is -3.82. The van der Waals surface area contributed by atoms with Crippen LogP contribution in [0.4, 0.5) is 0 Å². The fourth-order valence-electron chi connectivity index (χ4n) is 12.2. The molecule has 11 rings (SSSR count). The van der Waals surface area contributed by atoms with Gasteiger partial charge in [-0.15, -0.1) is 0 Å². The van der Waals surface area contributed by atoms with Gasteiger partial charge < -0.3 is 5.32 Å². The predicted octanol–water partition coefficient (Wildman–Crippen LogP) is 11.9. The van der Waals surface area contributed by atoms with Crippen LogP contribution in [-0.4, -0.2) is 11.9 Å². The van der Waals surface area contributed by atoms with Crippen LogP contribution in [0.3, 0.4) is 0 Å². The molecule has 8 aliphatic carbocycles. The maximum atomic E-state index is 5.51. The van der Waals surface area contributed by atoms with Gasteiger partial charge in [0.1, 0.15) is 6.17 Å². The molecule has 1 N–H and O–H groups in total. The second-order valence-corrected chi connectivity index (χ2v) is 18.6. The van der Waals surface area contributed by atoms with Crippen LogP contribution in [0.5, 0.6) is 0 Å². The van der Waals surface area contributed by atoms with E-state index in [0.717, 1.165) is 25.7 Å². The highest BCUT2D eigenvalue weighted by Gasteiger charge is 2.54. The molecule has 2 aliphatic heterocycles. The van der Waals surface area contributed by atoms with Crippen molar-refractivity contribution >= 4 is 23.0 Å². The third-order valence-electron chi connectivity index (χ3n) is 14.6. The fourth-order valence-corrected chi connectivity index (χ4v) is 13.5. The normalized spacial score (nSPS) is 33.8. The van der Waals surface area contributed by atoms with Gasteiger partial charge in [0.25, 0.3) is 0 Å². The van der Waals surface area contributed by atoms with Crippen molar-refractivity contribution in [1.82, 2.24) is 5.32 Å². The highest BCUT2D eigenvalue weighted by molar-refractivity contribution is 8.07. The molecule has 6 unspecified atom stereocenters. The monoisotopic (exact) mass is 698 g/mol. The summed E-state index contributed by atoms with van der Waals surface area (Å²) in [6.07, 6.45) is 48.3. The quantitative estimate of drug-likeness (QED) is 0.340. The third-order valence-corrected chi connectivity index (χ3v) is 15.8. The molecule has 0 radical (unpaired) electrons. The highest BCUT2D eigenvalue weighted by atomic mass is 32.2. The minimum atomic E-state index is -0.0502. The molecule has 1 saturated carbocycles. The van der Waals surface area contributed by atoms with Crippen LogP contribution >= 0.6 is 11.8 Å². The molecule has 1 aromatic rings. The van der Waals surface area contributed by atoms with Crippen LogP contribution in [0.2, 0.25) is 0 Å². The van der Waals surface area contributed by atoms with E-state index in [4.69, 9.17) is 4.99 Å². The summed E-state index contributed by atoms with van der Waals surface area (Å²) < 4.78 is 0. The Morgan fingerprint density at radius 2 is 1.71 bits per heavy atom. The molecule has 10 aliphatic rings. The third kappa shape index (κ3) is 4.53. The van der Waals surface area contributed by atoms with Gasteiger partial charge >= 0.3 is 0 Å². The van der Waals surface area contributed by atoms with Crippen molar-refractivity contribution in [3.8, 4) is 0 Å². The van der Waals surface area contributed by atoms with E-state index in [1.807, 2.05) is 11.8 Å². The van der Waals surface area contributed by atoms with E-state index in [0.29, 0.717) is 35.0 Å². The lowest BCUT2D eigenvalue weighted by Gasteiger charge is -2.40. The van der Waals surface area contributed by atoms with E-state index in [-0.39, 0.29) is 11.6 Å². The summed E-state index contributed by atoms with van der Waals surface area (Å²) in [5.74, 6) is 2.44. The predicted molar refractivity (Wildman–Crippen MR) is 219 cm³/mol. The summed E-state index contributed by atoms with van der Waals surface area (Å²) >= 11 is 1.93. The average molecular weight is 699 g/mol. The second-order valence-electron chi connectivity index (χ2n) is 17.5. The van der Waals surface area contributed by atoms with E-state index in [1.165, 1.54) is 70.9 Å². The summed E-state index contributed by atoms with van der Waals surface area (Å²) in [5.41, 5.74) is 15.4. The minimum Gasteiger partial charge on any atom is -0.354 e. The maximum Gasteiger partial charge on any atom is 0.145 e. The topological polar surface area (TPSA) is 24.4 Å². The fraction of sp³-hybridized carbons (Fsp3) is 0.408. The molecule has 2 nitrogen and oxygen atoms in total. The number of benzene rings is 1. The first-order valence-corrected chi connectivity index (χ1v) is 21.2. The number of aliphatic imine (C=N–C) groups is 1. The number of hydrogen-bond donors (Lipinski definition) is 1. The zero-order chi connectivity index (χ0) is 34.6. The number of hydrogen-bond acceptors (Lipinski definition) is 3. The first-order valence-electron chi connectivity index (χ1n) is 20.3. The number of nitrogens with one attached hydrogen (secondary N) is 1. The maximum absolute atomic E-state index is 5.51. The Balaban J connectivity index is 0.895. The number of nitrogens with zero attached hydrogens (tertiary/aromatic N) is 1. The number of allylic oxidation sites excluding steroid dienone is 19. The molecule has 0 amide bonds. The number of thioether (sulfide) groups is 1. The van der Waals surface area contributed by atoms with Crippen molar-refractivity contribution in [2.24, 2.45) is 28.7 Å². The minimum absolute atomic E-state index is 0.0502. The van der Waals surface area contributed by atoms with E-state index in [1.54, 1.807) is 33.4 Å². The van der Waals surface area contributed by atoms with Gasteiger partial charge in [-0.25, -0.2) is 0 Å². The molecule has 6 atom stereocenters. The lowest BCUT2D eigenvalue weighted by atomic mass is 9.63. The summed E-state index contributed by atoms with van der Waals surface area (Å²) in [6, 6.07) is 5.44. The van der Waals surface area contributed by atoms with Crippen molar-refractivity contribution in [2.75, 3.05) is 0 Å². The largest absolute Gasteiger partial charge is 0.354 e. The molecule has 0 aromatic heterocycles. The number of fused-ring (bicyclic) bond motifs is 10. The Bertz CT molecular complexity index is 2160. The van der Waals surface area contributed by atoms with Crippen molar-refractivity contribution in [3.05, 3.63) is 158 Å². The van der Waals surface area contributed by atoms with Gasteiger partial charge in [-0.2, -0.15) is 0 Å². The molecule has 1 aromatic carbocycles. The smallest absolute Gasteiger partial charge is 0.145 e. The first-order chi connectivity index (χ1) is 25.5. The standard InChI is InChI=1S/C49H50N2S/c1-48(2)40-28-37-34-16-7-9-20-39(34)49(26-11-4-12-27-49)41(37)29-38(40)35-19-13-18-33(44(35)48)30-22-24-32(25-23-30)46-50-45(31-14-5-3-6-15-31)43-36-17-8-10-21-42(36)52-47(43)51-46/h5,7-10,13-16,18-19,21-22,24-25,28-30,35-36,39,44,46,51H,3-4,6,11-12,17,20,23,26-27H2,1-2H3. The molecule has 2 heterocycles. The molecular formula is C49H50N2S. The summed E-state index contributed by atoms with van der Waals surface area (Å²) in [7, 11) is 0. The summed E-state index contributed by atoms with van der Waals surface area (Å²) in [4.78, 5) is 6.97. The Morgan fingerprint density at radius 3 is 2.56 bits per heavy atom. The molecule has 3 heteroatoms. The van der Waals surface area contributed by atoms with Gasteiger partial charge in [-0.3, -0.25) is 4.99 Å². The van der Waals surface area contributed by atoms with E-state index < -0.39 is 0 Å². The molecular weight excluding hydrogens is 649 g/mol. The SMILES string of the molecule is CC1(C)c2cc3c(cc2C2C=CC=C(C4C=CC(C5N=C(C6=CCCC=C6)C6=C(N5)SC5=CC=CCC56)=CC4)C21)C1(CCCCC1)C1CC=CC=C31. The molecule has 0 bridgehead atoms. The molecule has 52 heavy (non-hydrogen) atoms. The molecule has 262 valence electrons. The zero-order valence-electron chi connectivity index (χ0n) is 30.7. The Labute approximate surface area is 314 Å². The molecule has 1 fully saturated rings. The van der Waals surface area contributed by atoms with Crippen LogP contribution in [0, 0.1) is 23.7 Å². The highest BCUT2D eigenvalue weighted by Crippen LogP contribution is 2.64. The van der Waals surface area contributed by atoms with Crippen LogP contribution in [0.25, 0.3) is 5.57 Å². The van der Waals surface area contributed by atoms with Gasteiger partial charge in [0, 0.05) is 34.7 Å². The van der Waals surface area contributed by atoms with Crippen LogP contribution in [0.15, 0.2) is 140 Å². The molecule has 1 spiro atoms. The van der Waals surface area contributed by atoms with Crippen molar-refractivity contribution < 1.29 is 0 Å². The van der Waals surface area contributed by atoms with E-state index in [2.05, 4.69) is 122 Å². The summed E-state index contributed by atoms with van der Waals surface area (Å²) in [6.45, 7) is 5.09. The second kappa shape index (κ2) is 11.8.